The van der Waals surface area contributed by atoms with E-state index in [9.17, 15) is 0 Å². The van der Waals surface area contributed by atoms with Gasteiger partial charge in [0.2, 0.25) is 0 Å². The number of nitrogens with one attached hydrogen (secondary N) is 1. The summed E-state index contributed by atoms with van der Waals surface area (Å²) in [5.74, 6) is 0. The number of rotatable bonds is 0. The average Bonchev–Trinajstić information content (AvgIpc) is 3.09. The number of hydrogen-bond donors (Lipinski definition) is 1. The number of aromatic nitrogens is 7. The van der Waals surface area contributed by atoms with Gasteiger partial charge in [-0.05, 0) is 0 Å². The second-order valence-corrected chi connectivity index (χ2v) is 1.84. The molecule has 0 aromatic carbocycles. The molecule has 0 saturated heterocycles. The Bertz CT molecular complexity index is 253. The summed E-state index contributed by atoms with van der Waals surface area (Å²) in [7, 11) is 0. The van der Waals surface area contributed by atoms with Crippen LogP contribution >= 0.6 is 0 Å². The number of hydrogen-bond acceptors (Lipinski definition) is 8. The molecule has 0 bridgehead atoms. The first-order valence-electron chi connectivity index (χ1n) is 3.72. The normalized spacial score (nSPS) is 8.00. The Hall–Kier alpha value is -2.58. The zero-order valence-corrected chi connectivity index (χ0v) is 7.46. The molecule has 78 valence electrons. The Kier molecular flexibility index (Phi) is 5.63. The summed E-state index contributed by atoms with van der Waals surface area (Å²) in [6.45, 7) is 0. The molecular weight excluding hydrogens is 202 g/mol. The fourth-order valence-corrected chi connectivity index (χ4v) is 0.439. The maximum Gasteiger partial charge on any atom is 0.144 e. The van der Waals surface area contributed by atoms with Crippen molar-refractivity contribution in [2.45, 2.75) is 0 Å². The topological polar surface area (TPSA) is 119 Å². The molecule has 1 N–H and O–H groups in total. The van der Waals surface area contributed by atoms with Gasteiger partial charge in [0.15, 0.2) is 0 Å². The van der Waals surface area contributed by atoms with Crippen molar-refractivity contribution < 1.29 is 9.05 Å². The largest absolute Gasteiger partial charge is 0.346 e. The van der Waals surface area contributed by atoms with E-state index in [1.54, 1.807) is 12.4 Å². The molecule has 3 aromatic rings. The summed E-state index contributed by atoms with van der Waals surface area (Å²) in [6, 6.07) is 0. The van der Waals surface area contributed by atoms with Gasteiger partial charge in [-0.25, -0.2) is 0 Å². The molecule has 15 heavy (non-hydrogen) atoms. The summed E-state index contributed by atoms with van der Waals surface area (Å²) in [6.07, 6.45) is 8.99. The predicted octanol–water partition coefficient (Wildman–Crippen LogP) is -0.0561. The van der Waals surface area contributed by atoms with Gasteiger partial charge in [-0.3, -0.25) is 5.10 Å². The highest BCUT2D eigenvalue weighted by molar-refractivity contribution is 4.54. The van der Waals surface area contributed by atoms with Gasteiger partial charge in [-0.15, -0.1) is 15.3 Å². The van der Waals surface area contributed by atoms with Crippen LogP contribution < -0.4 is 0 Å². The fourth-order valence-electron chi connectivity index (χ4n) is 0.439. The molecule has 0 spiro atoms. The van der Waals surface area contributed by atoms with Crippen LogP contribution in [0.25, 0.3) is 0 Å². The van der Waals surface area contributed by atoms with Gasteiger partial charge in [-0.1, -0.05) is 5.21 Å². The van der Waals surface area contributed by atoms with E-state index in [0.717, 1.165) is 0 Å². The highest BCUT2D eigenvalue weighted by Crippen LogP contribution is 1.65. The van der Waals surface area contributed by atoms with Crippen molar-refractivity contribution in [3.8, 4) is 0 Å². The van der Waals surface area contributed by atoms with Crippen molar-refractivity contribution in [3.63, 3.8) is 0 Å². The molecule has 3 heterocycles. The number of nitrogens with zero attached hydrogens (tertiary/aromatic N) is 6. The molecule has 0 aliphatic rings. The Balaban J connectivity index is 0.000000112. The van der Waals surface area contributed by atoms with Gasteiger partial charge in [0.05, 0.1) is 18.6 Å². The van der Waals surface area contributed by atoms with E-state index in [4.69, 9.17) is 0 Å². The molecule has 3 aromatic heterocycles. The van der Waals surface area contributed by atoms with Gasteiger partial charge in [0.1, 0.15) is 12.5 Å². The van der Waals surface area contributed by atoms with Crippen LogP contribution in [0, 0.1) is 0 Å². The van der Waals surface area contributed by atoms with E-state index >= 15 is 0 Å². The predicted molar refractivity (Wildman–Crippen MR) is 45.0 cm³/mol. The second kappa shape index (κ2) is 8.04. The van der Waals surface area contributed by atoms with E-state index < -0.39 is 0 Å². The second-order valence-electron chi connectivity index (χ2n) is 1.84. The van der Waals surface area contributed by atoms with E-state index in [-0.39, 0.29) is 0 Å². The smallest absolute Gasteiger partial charge is 0.144 e. The molecule has 0 radical (unpaired) electrons. The first-order chi connectivity index (χ1) is 7.50. The van der Waals surface area contributed by atoms with Crippen LogP contribution in [0.4, 0.5) is 0 Å². The molecule has 0 atom stereocenters. The molecule has 3 rings (SSSR count). The average molecular weight is 209 g/mol. The van der Waals surface area contributed by atoms with E-state index in [0.29, 0.717) is 0 Å². The van der Waals surface area contributed by atoms with Crippen LogP contribution in [-0.2, 0) is 0 Å². The lowest BCUT2D eigenvalue weighted by Gasteiger charge is -1.46. The minimum atomic E-state index is 1.40. The van der Waals surface area contributed by atoms with Gasteiger partial charge in [0, 0.05) is 16.7 Å². The maximum atomic E-state index is 4.22. The monoisotopic (exact) mass is 209 g/mol. The minimum Gasteiger partial charge on any atom is -0.346 e. The van der Waals surface area contributed by atoms with Crippen molar-refractivity contribution in [2.75, 3.05) is 0 Å². The standard InChI is InChI=1S/C2H3N3.2C2H2N2O/c1-2-4-5-3-1;2*1-2-5-4-3-1/h1-2H,(H,3,4,5);2*1-2H. The molecule has 0 unspecified atom stereocenters. The first kappa shape index (κ1) is 10.5. The zero-order chi connectivity index (χ0) is 10.6. The lowest BCUT2D eigenvalue weighted by molar-refractivity contribution is 0.392. The molecule has 0 aliphatic carbocycles. The van der Waals surface area contributed by atoms with Crippen molar-refractivity contribution in [2.24, 2.45) is 0 Å². The molecule has 0 amide bonds. The highest BCUT2D eigenvalue weighted by Gasteiger charge is 1.62. The van der Waals surface area contributed by atoms with Crippen LogP contribution in [-0.4, -0.2) is 36.2 Å². The van der Waals surface area contributed by atoms with Crippen molar-refractivity contribution >= 4 is 0 Å². The lowest BCUT2D eigenvalue weighted by Crippen LogP contribution is -1.61. The van der Waals surface area contributed by atoms with Crippen LogP contribution in [0.15, 0.2) is 46.4 Å². The Labute approximate surface area is 83.4 Å². The van der Waals surface area contributed by atoms with Crippen molar-refractivity contribution in [1.29, 1.82) is 0 Å². The van der Waals surface area contributed by atoms with Crippen molar-refractivity contribution in [3.05, 3.63) is 37.3 Å². The summed E-state index contributed by atoms with van der Waals surface area (Å²) in [5, 5.41) is 22.1. The maximum absolute atomic E-state index is 4.22. The minimum absolute atomic E-state index is 1.40. The van der Waals surface area contributed by atoms with E-state index in [1.807, 2.05) is 0 Å². The quantitative estimate of drug-likeness (QED) is 0.546. The van der Waals surface area contributed by atoms with E-state index in [1.165, 1.54) is 24.9 Å². The SMILES string of the molecule is c1c[nH]nn1.c1conn1.c1conn1. The van der Waals surface area contributed by atoms with Crippen LogP contribution in [0.3, 0.4) is 0 Å². The Morgan fingerprint density at radius 2 is 1.47 bits per heavy atom. The van der Waals surface area contributed by atoms with Crippen molar-refractivity contribution in [1.82, 2.24) is 36.2 Å². The molecule has 9 nitrogen and oxygen atoms in total. The van der Waals surface area contributed by atoms with Crippen LogP contribution in [0.5, 0.6) is 0 Å². The summed E-state index contributed by atoms with van der Waals surface area (Å²) in [4.78, 5) is 0. The Morgan fingerprint density at radius 1 is 0.800 bits per heavy atom. The highest BCUT2D eigenvalue weighted by atomic mass is 16.5. The molecule has 0 saturated carbocycles. The third kappa shape index (κ3) is 6.57. The van der Waals surface area contributed by atoms with Gasteiger partial charge >= 0.3 is 0 Å². The fraction of sp³-hybridized carbons (Fsp3) is 0. The third-order valence-electron chi connectivity index (χ3n) is 0.897. The van der Waals surface area contributed by atoms with Gasteiger partial charge in [0.25, 0.3) is 0 Å². The zero-order valence-electron chi connectivity index (χ0n) is 7.46. The first-order valence-corrected chi connectivity index (χ1v) is 3.72. The molecular formula is C6H7N7O2. The van der Waals surface area contributed by atoms with E-state index in [2.05, 4.69) is 45.2 Å². The third-order valence-corrected chi connectivity index (χ3v) is 0.897. The molecule has 9 heteroatoms. The van der Waals surface area contributed by atoms with Crippen LogP contribution in [0.2, 0.25) is 0 Å². The number of aromatic amines is 1. The summed E-state index contributed by atoms with van der Waals surface area (Å²) < 4.78 is 8.44. The summed E-state index contributed by atoms with van der Waals surface area (Å²) >= 11 is 0. The number of H-pyrrole nitrogens is 1. The summed E-state index contributed by atoms with van der Waals surface area (Å²) in [5.41, 5.74) is 0. The Morgan fingerprint density at radius 3 is 1.60 bits per heavy atom. The lowest BCUT2D eigenvalue weighted by atomic mass is 11.0. The molecule has 0 fully saturated rings. The van der Waals surface area contributed by atoms with Crippen LogP contribution in [0.1, 0.15) is 0 Å². The van der Waals surface area contributed by atoms with Gasteiger partial charge < -0.3 is 9.05 Å². The molecule has 0 aliphatic heterocycles. The van der Waals surface area contributed by atoms with Gasteiger partial charge in [-0.2, -0.15) is 0 Å².